The number of halogens is 1. The molecule has 0 aliphatic heterocycles. The first-order valence-corrected chi connectivity index (χ1v) is 8.71. The molecule has 0 unspecified atom stereocenters. The van der Waals surface area contributed by atoms with Crippen LogP contribution >= 0.6 is 24.0 Å². The summed E-state index contributed by atoms with van der Waals surface area (Å²) in [4.78, 5) is 16.1. The fraction of sp³-hybridized carbons (Fsp3) is 0.882. The second kappa shape index (κ2) is 12.7. The van der Waals surface area contributed by atoms with Gasteiger partial charge >= 0.3 is 0 Å². The van der Waals surface area contributed by atoms with Gasteiger partial charge in [0.25, 0.3) is 0 Å². The van der Waals surface area contributed by atoms with Crippen LogP contribution < -0.4 is 16.0 Å². The maximum absolute atomic E-state index is 11.9. The zero-order valence-electron chi connectivity index (χ0n) is 16.2. The maximum atomic E-state index is 11.9. The van der Waals surface area contributed by atoms with Crippen molar-refractivity contribution in [3.05, 3.63) is 0 Å². The Kier molecular flexibility index (Phi) is 13.6. The van der Waals surface area contributed by atoms with E-state index in [1.165, 1.54) is 0 Å². The van der Waals surface area contributed by atoms with Gasteiger partial charge < -0.3 is 21.1 Å². The number of aliphatic imine (C=N–C) groups is 1. The Hall–Kier alpha value is -0.570. The lowest BCUT2D eigenvalue weighted by molar-refractivity contribution is -0.121. The Bertz CT molecular complexity index is 375. The van der Waals surface area contributed by atoms with E-state index in [1.54, 1.807) is 0 Å². The fourth-order valence-corrected chi connectivity index (χ4v) is 2.43. The molecule has 0 aromatic carbocycles. The zero-order chi connectivity index (χ0) is 17.9. The number of carbonyl (C=O) groups is 1. The van der Waals surface area contributed by atoms with Gasteiger partial charge in [-0.05, 0) is 40.5 Å². The number of amides is 1. The minimum Gasteiger partial charge on any atom is -0.388 e. The summed E-state index contributed by atoms with van der Waals surface area (Å²) in [5.41, 5.74) is -0.992. The van der Waals surface area contributed by atoms with Crippen LogP contribution in [0.15, 0.2) is 4.99 Å². The molecule has 0 aliphatic rings. The number of guanidine groups is 1. The van der Waals surface area contributed by atoms with E-state index in [2.05, 4.69) is 34.8 Å². The van der Waals surface area contributed by atoms with Gasteiger partial charge in [0.15, 0.2) is 5.96 Å². The van der Waals surface area contributed by atoms with Gasteiger partial charge in [-0.2, -0.15) is 0 Å². The molecule has 0 aliphatic carbocycles. The van der Waals surface area contributed by atoms with Crippen LogP contribution in [0.3, 0.4) is 0 Å². The molecule has 0 heterocycles. The third kappa shape index (κ3) is 12.8. The van der Waals surface area contributed by atoms with Gasteiger partial charge in [-0.15, -0.1) is 24.0 Å². The van der Waals surface area contributed by atoms with Crippen LogP contribution in [0, 0.1) is 0 Å². The van der Waals surface area contributed by atoms with Gasteiger partial charge in [0.2, 0.25) is 5.91 Å². The van der Waals surface area contributed by atoms with E-state index < -0.39 is 5.60 Å². The summed E-state index contributed by atoms with van der Waals surface area (Å²) in [6.45, 7) is 13.1. The molecule has 7 heteroatoms. The van der Waals surface area contributed by atoms with Crippen LogP contribution in [0.2, 0.25) is 0 Å². The highest BCUT2D eigenvalue weighted by Gasteiger charge is 2.25. The quantitative estimate of drug-likeness (QED) is 0.244. The Morgan fingerprint density at radius 1 is 1.04 bits per heavy atom. The summed E-state index contributed by atoms with van der Waals surface area (Å²) in [6, 6.07) is 0. The molecule has 0 rings (SSSR count). The van der Waals surface area contributed by atoms with Crippen molar-refractivity contribution in [1.82, 2.24) is 16.0 Å². The van der Waals surface area contributed by atoms with Crippen LogP contribution in [0.5, 0.6) is 0 Å². The molecule has 144 valence electrons. The molecule has 0 fully saturated rings. The molecule has 0 aromatic rings. The Balaban J connectivity index is 0. The van der Waals surface area contributed by atoms with Gasteiger partial charge in [0, 0.05) is 18.6 Å². The lowest BCUT2D eigenvalue weighted by Gasteiger charge is -2.28. The number of nitrogens with zero attached hydrogens (tertiary/aromatic N) is 1. The van der Waals surface area contributed by atoms with Crippen molar-refractivity contribution < 1.29 is 9.90 Å². The van der Waals surface area contributed by atoms with E-state index in [1.807, 2.05) is 27.7 Å². The third-order valence-corrected chi connectivity index (χ3v) is 3.26. The van der Waals surface area contributed by atoms with Gasteiger partial charge in [-0.1, -0.05) is 26.7 Å². The summed E-state index contributed by atoms with van der Waals surface area (Å²) in [5.74, 6) is 0.439. The maximum Gasteiger partial charge on any atom is 0.242 e. The summed E-state index contributed by atoms with van der Waals surface area (Å²) in [7, 11) is 0. The number of hydrogen-bond acceptors (Lipinski definition) is 3. The standard InChI is InChI=1S/C17H36N4O2.HI/c1-7-10-17(23,11-8-2)13-20-15(18-9-3)19-12-14(22)21-16(4,5)6;/h23H,7-13H2,1-6H3,(H,21,22)(H2,18,19,20);1H. The van der Waals surface area contributed by atoms with E-state index in [9.17, 15) is 9.90 Å². The van der Waals surface area contributed by atoms with Gasteiger partial charge in [0.1, 0.15) is 6.54 Å². The number of aliphatic hydroxyl groups is 1. The van der Waals surface area contributed by atoms with Crippen LogP contribution in [0.4, 0.5) is 0 Å². The van der Waals surface area contributed by atoms with Crippen LogP contribution in [-0.2, 0) is 4.79 Å². The number of hydrogen-bond donors (Lipinski definition) is 4. The van der Waals surface area contributed by atoms with Crippen molar-refractivity contribution in [1.29, 1.82) is 0 Å². The minimum atomic E-state index is -0.729. The monoisotopic (exact) mass is 456 g/mol. The Labute approximate surface area is 164 Å². The van der Waals surface area contributed by atoms with Crippen LogP contribution in [0.25, 0.3) is 0 Å². The first-order chi connectivity index (χ1) is 10.7. The van der Waals surface area contributed by atoms with Gasteiger partial charge in [-0.3, -0.25) is 4.79 Å². The highest BCUT2D eigenvalue weighted by Crippen LogP contribution is 2.18. The summed E-state index contributed by atoms with van der Waals surface area (Å²) in [6.07, 6.45) is 3.36. The first-order valence-electron chi connectivity index (χ1n) is 8.71. The molecule has 0 saturated carbocycles. The van der Waals surface area contributed by atoms with Crippen molar-refractivity contribution in [2.75, 3.05) is 19.6 Å². The normalized spacial score (nSPS) is 12.4. The molecular weight excluding hydrogens is 419 g/mol. The molecule has 0 aromatic heterocycles. The number of nitrogens with one attached hydrogen (secondary N) is 3. The molecule has 6 nitrogen and oxygen atoms in total. The summed E-state index contributed by atoms with van der Waals surface area (Å²) >= 11 is 0. The minimum absolute atomic E-state index is 0. The van der Waals surface area contributed by atoms with E-state index in [0.717, 1.165) is 25.7 Å². The average molecular weight is 456 g/mol. The molecule has 0 spiro atoms. The SMILES string of the molecule is CCCC(O)(CCC)CNC(=NCC(=O)NC(C)(C)C)NCC.I. The van der Waals surface area contributed by atoms with E-state index in [4.69, 9.17) is 0 Å². The van der Waals surface area contributed by atoms with E-state index in [-0.39, 0.29) is 42.0 Å². The zero-order valence-corrected chi connectivity index (χ0v) is 18.5. The van der Waals surface area contributed by atoms with Crippen molar-refractivity contribution in [2.45, 2.75) is 78.4 Å². The van der Waals surface area contributed by atoms with E-state index >= 15 is 0 Å². The smallest absolute Gasteiger partial charge is 0.242 e. The average Bonchev–Trinajstić information content (AvgIpc) is 2.40. The van der Waals surface area contributed by atoms with Crippen molar-refractivity contribution in [3.8, 4) is 0 Å². The largest absolute Gasteiger partial charge is 0.388 e. The highest BCUT2D eigenvalue weighted by atomic mass is 127. The van der Waals surface area contributed by atoms with Crippen LogP contribution in [0.1, 0.15) is 67.2 Å². The predicted octanol–water partition coefficient (Wildman–Crippen LogP) is 2.41. The molecule has 0 radical (unpaired) electrons. The molecule has 0 atom stereocenters. The molecule has 24 heavy (non-hydrogen) atoms. The number of rotatable bonds is 9. The molecular formula is C17H37IN4O2. The van der Waals surface area contributed by atoms with Crippen molar-refractivity contribution in [3.63, 3.8) is 0 Å². The van der Waals surface area contributed by atoms with Crippen molar-refractivity contribution in [2.24, 2.45) is 4.99 Å². The molecule has 0 bridgehead atoms. The Morgan fingerprint density at radius 2 is 1.58 bits per heavy atom. The molecule has 4 N–H and O–H groups in total. The fourth-order valence-electron chi connectivity index (χ4n) is 2.43. The second-order valence-electron chi connectivity index (χ2n) is 7.07. The Morgan fingerprint density at radius 3 is 2.00 bits per heavy atom. The topological polar surface area (TPSA) is 85.8 Å². The third-order valence-electron chi connectivity index (χ3n) is 3.26. The summed E-state index contributed by atoms with van der Waals surface area (Å²) < 4.78 is 0. The summed E-state index contributed by atoms with van der Waals surface area (Å²) in [5, 5.41) is 19.8. The molecule has 1 amide bonds. The van der Waals surface area contributed by atoms with Gasteiger partial charge in [0.05, 0.1) is 5.60 Å². The lowest BCUT2D eigenvalue weighted by atomic mass is 9.93. The lowest BCUT2D eigenvalue weighted by Crippen LogP contribution is -2.48. The van der Waals surface area contributed by atoms with Crippen LogP contribution in [-0.4, -0.2) is 47.7 Å². The van der Waals surface area contributed by atoms with Crippen molar-refractivity contribution >= 4 is 35.8 Å². The number of carbonyl (C=O) groups excluding carboxylic acids is 1. The van der Waals surface area contributed by atoms with Gasteiger partial charge in [-0.25, -0.2) is 4.99 Å². The first kappa shape index (κ1) is 25.7. The highest BCUT2D eigenvalue weighted by molar-refractivity contribution is 14.0. The predicted molar refractivity (Wildman–Crippen MR) is 112 cm³/mol. The second-order valence-corrected chi connectivity index (χ2v) is 7.07. The van der Waals surface area contributed by atoms with E-state index in [0.29, 0.717) is 19.0 Å². The molecule has 0 saturated heterocycles.